The second kappa shape index (κ2) is 4.35. The zero-order chi connectivity index (χ0) is 12.6. The molecule has 0 spiro atoms. The summed E-state index contributed by atoms with van der Waals surface area (Å²) in [6, 6.07) is 5.02. The fraction of sp³-hybridized carbons (Fsp3) is 0.333. The number of hydrogen-bond acceptors (Lipinski definition) is 3. The quantitative estimate of drug-likeness (QED) is 0.781. The van der Waals surface area contributed by atoms with E-state index in [0.29, 0.717) is 4.90 Å². The summed E-state index contributed by atoms with van der Waals surface area (Å²) in [5, 5.41) is 0. The highest BCUT2D eigenvalue weighted by Gasteiger charge is 2.12. The minimum Gasteiger partial charge on any atom is -0.244 e. The monoisotopic (exact) mass is 281 g/mol. The molecule has 0 unspecified atom stereocenters. The first kappa shape index (κ1) is 13.5. The maximum atomic E-state index is 12.0. The van der Waals surface area contributed by atoms with E-state index in [2.05, 4.69) is 3.77 Å². The van der Waals surface area contributed by atoms with Crippen LogP contribution in [0.5, 0.6) is 0 Å². The molecule has 0 aliphatic rings. The maximum Gasteiger partial charge on any atom is 0.347 e. The summed E-state index contributed by atoms with van der Waals surface area (Å²) in [6.45, 7) is 3.76. The molecule has 0 saturated heterocycles. The van der Waals surface area contributed by atoms with Gasteiger partial charge in [0.1, 0.15) is 0 Å². The molecule has 16 heavy (non-hydrogen) atoms. The van der Waals surface area contributed by atoms with E-state index in [1.54, 1.807) is 18.2 Å². The van der Waals surface area contributed by atoms with Crippen LogP contribution in [0.25, 0.3) is 0 Å². The van der Waals surface area contributed by atoms with Crippen LogP contribution < -0.4 is 0 Å². The lowest BCUT2D eigenvalue weighted by atomic mass is 10.1. The molecule has 0 aliphatic carbocycles. The van der Waals surface area contributed by atoms with E-state index in [-0.39, 0.29) is 0 Å². The van der Waals surface area contributed by atoms with Crippen molar-refractivity contribution in [2.24, 2.45) is 3.77 Å². The number of halogens is 1. The van der Waals surface area contributed by atoms with E-state index in [1.807, 2.05) is 13.8 Å². The highest BCUT2D eigenvalue weighted by molar-refractivity contribution is 8.17. The molecule has 1 aromatic carbocycles. The molecular formula is C9H12ClNO3S2. The summed E-state index contributed by atoms with van der Waals surface area (Å²) in [7, 11) is -2.17. The molecule has 0 N–H and O–H groups in total. The first-order chi connectivity index (χ1) is 7.12. The van der Waals surface area contributed by atoms with E-state index in [9.17, 15) is 12.6 Å². The highest BCUT2D eigenvalue weighted by Crippen LogP contribution is 2.18. The van der Waals surface area contributed by atoms with Crippen LogP contribution in [0.15, 0.2) is 26.9 Å². The largest absolute Gasteiger partial charge is 0.347 e. The number of rotatable bonds is 2. The summed E-state index contributed by atoms with van der Waals surface area (Å²) in [4.78, 5) is 0.361. The zero-order valence-electron chi connectivity index (χ0n) is 9.10. The van der Waals surface area contributed by atoms with Crippen molar-refractivity contribution in [2.75, 3.05) is 6.26 Å². The Bertz CT molecular complexity index is 628. The third kappa shape index (κ3) is 3.47. The first-order valence-corrected chi connectivity index (χ1v) is 8.56. The Morgan fingerprint density at radius 2 is 1.69 bits per heavy atom. The van der Waals surface area contributed by atoms with Gasteiger partial charge < -0.3 is 0 Å². The van der Waals surface area contributed by atoms with Crippen LogP contribution in [0.4, 0.5) is 0 Å². The molecule has 0 saturated carbocycles. The van der Waals surface area contributed by atoms with E-state index in [4.69, 9.17) is 10.7 Å². The molecule has 1 aromatic rings. The molecule has 0 heterocycles. The Hall–Kier alpha value is -0.590. The molecule has 0 fully saturated rings. The Morgan fingerprint density at radius 3 is 2.12 bits per heavy atom. The predicted molar refractivity (Wildman–Crippen MR) is 65.4 cm³/mol. The Morgan fingerprint density at radius 1 is 1.12 bits per heavy atom. The van der Waals surface area contributed by atoms with Gasteiger partial charge in [-0.2, -0.15) is 8.42 Å². The molecule has 0 bridgehead atoms. The summed E-state index contributed by atoms with van der Waals surface area (Å²) in [5.74, 6) is 0. The molecule has 4 nitrogen and oxygen atoms in total. The van der Waals surface area contributed by atoms with E-state index < -0.39 is 19.0 Å². The summed E-state index contributed by atoms with van der Waals surface area (Å²) in [6.07, 6.45) is 1.25. The lowest BCUT2D eigenvalue weighted by Gasteiger charge is -2.06. The topological polar surface area (TPSA) is 63.6 Å². The van der Waals surface area contributed by atoms with Gasteiger partial charge in [0.25, 0.3) is 0 Å². The zero-order valence-corrected chi connectivity index (χ0v) is 11.5. The predicted octanol–water partition coefficient (Wildman–Crippen LogP) is 2.24. The van der Waals surface area contributed by atoms with Crippen LogP contribution in [-0.4, -0.2) is 18.9 Å². The fourth-order valence-electron chi connectivity index (χ4n) is 1.16. The van der Waals surface area contributed by atoms with Crippen LogP contribution in [0, 0.1) is 13.8 Å². The Balaban J connectivity index is 3.46. The van der Waals surface area contributed by atoms with Crippen molar-refractivity contribution >= 4 is 29.6 Å². The minimum atomic E-state index is -4.13. The average Bonchev–Trinajstić information content (AvgIpc) is 2.05. The molecule has 7 heteroatoms. The highest BCUT2D eigenvalue weighted by atomic mass is 35.7. The molecular weight excluding hydrogens is 270 g/mol. The van der Waals surface area contributed by atoms with Crippen molar-refractivity contribution in [2.45, 2.75) is 18.7 Å². The second-order valence-electron chi connectivity index (χ2n) is 3.54. The van der Waals surface area contributed by atoms with E-state index in [1.165, 1.54) is 6.26 Å². The van der Waals surface area contributed by atoms with Gasteiger partial charge in [-0.15, -0.1) is 0 Å². The van der Waals surface area contributed by atoms with Gasteiger partial charge in [0, 0.05) is 21.8 Å². The Labute approximate surface area is 100 Å². The van der Waals surface area contributed by atoms with Gasteiger partial charge in [-0.25, -0.2) is 4.21 Å². The van der Waals surface area contributed by atoms with Crippen LogP contribution in [-0.2, 0) is 19.0 Å². The van der Waals surface area contributed by atoms with Gasteiger partial charge >= 0.3 is 9.24 Å². The van der Waals surface area contributed by atoms with Crippen molar-refractivity contribution in [3.05, 3.63) is 29.3 Å². The molecule has 0 aliphatic heterocycles. The van der Waals surface area contributed by atoms with Crippen LogP contribution in [0.1, 0.15) is 11.1 Å². The van der Waals surface area contributed by atoms with Crippen molar-refractivity contribution in [3.8, 4) is 0 Å². The standard InChI is InChI=1S/C9H12ClNO3S2/c1-7-4-5-9(6-8(7)2)15(3,12)11-16(10,13)14/h4-6H,1-3H3/t15-/m0/s1. The van der Waals surface area contributed by atoms with Gasteiger partial charge in [-0.1, -0.05) is 9.83 Å². The van der Waals surface area contributed by atoms with Crippen LogP contribution in [0.3, 0.4) is 0 Å². The van der Waals surface area contributed by atoms with Gasteiger partial charge in [0.05, 0.1) is 9.73 Å². The van der Waals surface area contributed by atoms with Crippen LogP contribution >= 0.6 is 10.7 Å². The third-order valence-corrected chi connectivity index (χ3v) is 5.63. The smallest absolute Gasteiger partial charge is 0.244 e. The van der Waals surface area contributed by atoms with E-state index in [0.717, 1.165) is 11.1 Å². The SMILES string of the molecule is Cc1ccc([S@](C)(=O)=NS(=O)(=O)Cl)cc1C. The van der Waals surface area contributed by atoms with Gasteiger partial charge in [0.2, 0.25) is 0 Å². The lowest BCUT2D eigenvalue weighted by molar-refractivity contribution is 0.611. The second-order valence-corrected chi connectivity index (χ2v) is 8.20. The summed E-state index contributed by atoms with van der Waals surface area (Å²) < 4.78 is 36.8. The molecule has 0 radical (unpaired) electrons. The van der Waals surface area contributed by atoms with Crippen molar-refractivity contribution in [1.29, 1.82) is 0 Å². The van der Waals surface area contributed by atoms with Gasteiger partial charge in [0.15, 0.2) is 0 Å². The van der Waals surface area contributed by atoms with Gasteiger partial charge in [-0.3, -0.25) is 0 Å². The molecule has 0 amide bonds. The molecule has 1 atom stereocenters. The molecule has 0 aromatic heterocycles. The normalized spacial score (nSPS) is 15.5. The minimum absolute atomic E-state index is 0.361. The Kier molecular flexibility index (Phi) is 3.66. The average molecular weight is 282 g/mol. The lowest BCUT2D eigenvalue weighted by Crippen LogP contribution is -2.01. The number of aryl methyl sites for hydroxylation is 2. The fourth-order valence-corrected chi connectivity index (χ4v) is 4.55. The first-order valence-electron chi connectivity index (χ1n) is 4.37. The van der Waals surface area contributed by atoms with Crippen LogP contribution in [0.2, 0.25) is 0 Å². The van der Waals surface area contributed by atoms with Crippen molar-refractivity contribution in [3.63, 3.8) is 0 Å². The van der Waals surface area contributed by atoms with E-state index >= 15 is 0 Å². The number of benzene rings is 1. The van der Waals surface area contributed by atoms with Crippen molar-refractivity contribution in [1.82, 2.24) is 0 Å². The maximum absolute atomic E-state index is 12.0. The van der Waals surface area contributed by atoms with Crippen molar-refractivity contribution < 1.29 is 12.6 Å². The molecule has 90 valence electrons. The number of hydrogen-bond donors (Lipinski definition) is 0. The van der Waals surface area contributed by atoms with Gasteiger partial charge in [-0.05, 0) is 37.1 Å². The third-order valence-electron chi connectivity index (χ3n) is 2.15. The molecule has 1 rings (SSSR count). The number of nitrogens with zero attached hydrogens (tertiary/aromatic N) is 1. The summed E-state index contributed by atoms with van der Waals surface area (Å²) >= 11 is 0. The summed E-state index contributed by atoms with van der Waals surface area (Å²) in [5.41, 5.74) is 1.96.